The largest absolute Gasteiger partial charge is 0.497 e. The fraction of sp³-hybridized carbons (Fsp3) is 0.211. The van der Waals surface area contributed by atoms with Gasteiger partial charge in [0.15, 0.2) is 5.54 Å². The summed E-state index contributed by atoms with van der Waals surface area (Å²) in [6.45, 7) is 0.0218. The van der Waals surface area contributed by atoms with Crippen molar-refractivity contribution in [1.82, 2.24) is 4.90 Å². The summed E-state index contributed by atoms with van der Waals surface area (Å²) in [4.78, 5) is 37.7. The zero-order valence-electron chi connectivity index (χ0n) is 13.9. The third-order valence-corrected chi connectivity index (χ3v) is 4.93. The van der Waals surface area contributed by atoms with Crippen LogP contribution in [-0.4, -0.2) is 35.3 Å². The van der Waals surface area contributed by atoms with Crippen LogP contribution in [0.3, 0.4) is 0 Å². The van der Waals surface area contributed by atoms with Gasteiger partial charge in [0, 0.05) is 18.5 Å². The van der Waals surface area contributed by atoms with Gasteiger partial charge in [-0.2, -0.15) is 0 Å². The van der Waals surface area contributed by atoms with Crippen LogP contribution < -0.4 is 4.74 Å². The van der Waals surface area contributed by atoms with Gasteiger partial charge in [-0.05, 0) is 23.8 Å². The molecule has 0 aliphatic carbocycles. The Kier molecular flexibility index (Phi) is 4.70. The number of carbonyl (C=O) groups excluding carboxylic acids is 2. The molecule has 0 spiro atoms. The molecule has 26 heavy (non-hydrogen) atoms. The number of methoxy groups -OCH3 is 1. The van der Waals surface area contributed by atoms with E-state index < -0.39 is 17.4 Å². The molecule has 1 heterocycles. The van der Waals surface area contributed by atoms with Gasteiger partial charge in [-0.1, -0.05) is 35.9 Å². The highest BCUT2D eigenvalue weighted by atomic mass is 35.5. The van der Waals surface area contributed by atoms with Crippen molar-refractivity contribution in [3.05, 3.63) is 64.2 Å². The van der Waals surface area contributed by atoms with E-state index in [-0.39, 0.29) is 29.1 Å². The molecule has 134 valence electrons. The van der Waals surface area contributed by atoms with Crippen molar-refractivity contribution in [3.63, 3.8) is 0 Å². The molecule has 1 unspecified atom stereocenters. The van der Waals surface area contributed by atoms with Gasteiger partial charge in [0.1, 0.15) is 12.0 Å². The monoisotopic (exact) mass is 373 g/mol. The van der Waals surface area contributed by atoms with Crippen LogP contribution in [0.15, 0.2) is 42.5 Å². The Hall–Kier alpha value is -2.86. The van der Waals surface area contributed by atoms with Gasteiger partial charge < -0.3 is 19.5 Å². The first-order valence-corrected chi connectivity index (χ1v) is 8.24. The molecular weight excluding hydrogens is 358 g/mol. The van der Waals surface area contributed by atoms with E-state index in [2.05, 4.69) is 0 Å². The third-order valence-electron chi connectivity index (χ3n) is 4.61. The Balaban J connectivity index is 2.12. The number of hydrogen-bond acceptors (Lipinski definition) is 4. The molecule has 1 atom stereocenters. The lowest BCUT2D eigenvalue weighted by Gasteiger charge is -2.34. The zero-order valence-corrected chi connectivity index (χ0v) is 14.7. The van der Waals surface area contributed by atoms with E-state index in [9.17, 15) is 19.5 Å². The summed E-state index contributed by atoms with van der Waals surface area (Å²) >= 11 is 6.16. The highest BCUT2D eigenvalue weighted by Crippen LogP contribution is 2.45. The molecule has 0 fully saturated rings. The second-order valence-electron chi connectivity index (χ2n) is 5.94. The number of amides is 1. The van der Waals surface area contributed by atoms with Gasteiger partial charge in [-0.3, -0.25) is 4.79 Å². The minimum Gasteiger partial charge on any atom is -0.497 e. The lowest BCUT2D eigenvalue weighted by atomic mass is 9.86. The van der Waals surface area contributed by atoms with Crippen LogP contribution in [0.1, 0.15) is 27.9 Å². The summed E-state index contributed by atoms with van der Waals surface area (Å²) in [6.07, 6.45) is 0.149. The van der Waals surface area contributed by atoms with Crippen molar-refractivity contribution in [3.8, 4) is 5.75 Å². The quantitative estimate of drug-likeness (QED) is 0.787. The number of rotatable bonds is 6. The maximum absolute atomic E-state index is 13.0. The molecule has 7 heteroatoms. The van der Waals surface area contributed by atoms with Crippen molar-refractivity contribution in [2.75, 3.05) is 7.11 Å². The van der Waals surface area contributed by atoms with E-state index >= 15 is 0 Å². The maximum Gasteiger partial charge on any atom is 0.334 e. The molecule has 2 aromatic carbocycles. The van der Waals surface area contributed by atoms with Gasteiger partial charge in [-0.15, -0.1) is 0 Å². The van der Waals surface area contributed by atoms with Gasteiger partial charge in [0.2, 0.25) is 0 Å². The Morgan fingerprint density at radius 3 is 2.54 bits per heavy atom. The maximum atomic E-state index is 13.0. The summed E-state index contributed by atoms with van der Waals surface area (Å²) < 4.78 is 5.11. The van der Waals surface area contributed by atoms with E-state index in [1.807, 2.05) is 0 Å². The first-order chi connectivity index (χ1) is 12.5. The molecule has 0 saturated carbocycles. The fourth-order valence-corrected chi connectivity index (χ4v) is 3.57. The van der Waals surface area contributed by atoms with Crippen LogP contribution in [0.2, 0.25) is 5.02 Å². The molecule has 1 aliphatic heterocycles. The normalized spacial score (nSPS) is 18.5. The molecule has 0 aromatic heterocycles. The smallest absolute Gasteiger partial charge is 0.334 e. The second kappa shape index (κ2) is 6.80. The number of carboxylic acid groups (broad SMARTS) is 1. The predicted octanol–water partition coefficient (Wildman–Crippen LogP) is 2.87. The van der Waals surface area contributed by atoms with E-state index in [4.69, 9.17) is 16.3 Å². The summed E-state index contributed by atoms with van der Waals surface area (Å²) in [6, 6.07) is 11.6. The number of aliphatic carboxylic acids is 1. The first kappa shape index (κ1) is 17.9. The topological polar surface area (TPSA) is 83.9 Å². The Morgan fingerprint density at radius 1 is 1.27 bits per heavy atom. The average molecular weight is 374 g/mol. The van der Waals surface area contributed by atoms with E-state index in [0.29, 0.717) is 17.6 Å². The summed E-state index contributed by atoms with van der Waals surface area (Å²) in [7, 11) is 1.54. The first-order valence-electron chi connectivity index (χ1n) is 7.86. The molecule has 0 radical (unpaired) electrons. The Morgan fingerprint density at radius 2 is 1.96 bits per heavy atom. The number of carbonyl (C=O) groups is 3. The number of nitrogens with zero attached hydrogens (tertiary/aromatic N) is 1. The summed E-state index contributed by atoms with van der Waals surface area (Å²) in [5.41, 5.74) is -0.700. The lowest BCUT2D eigenvalue weighted by Crippen LogP contribution is -2.49. The SMILES string of the molecule is COc1ccc(CN2C(=O)c3c(Cl)cccc3C2(CC=O)C(=O)O)cc1. The minimum absolute atomic E-state index is 0.0218. The number of halogens is 1. The third kappa shape index (κ3) is 2.63. The van der Waals surface area contributed by atoms with Gasteiger partial charge >= 0.3 is 5.97 Å². The number of fused-ring (bicyclic) bond motifs is 1. The molecular formula is C19H16ClNO5. The highest BCUT2D eigenvalue weighted by Gasteiger charge is 2.55. The predicted molar refractivity (Wildman–Crippen MR) is 94.3 cm³/mol. The molecule has 0 saturated heterocycles. The lowest BCUT2D eigenvalue weighted by molar-refractivity contribution is -0.152. The molecule has 6 nitrogen and oxygen atoms in total. The van der Waals surface area contributed by atoms with Crippen molar-refractivity contribution in [2.24, 2.45) is 0 Å². The average Bonchev–Trinajstić information content (AvgIpc) is 2.87. The number of aldehydes is 1. The van der Waals surface area contributed by atoms with Gasteiger partial charge in [0.05, 0.1) is 17.7 Å². The van der Waals surface area contributed by atoms with E-state index in [0.717, 1.165) is 0 Å². The van der Waals surface area contributed by atoms with Crippen molar-refractivity contribution in [2.45, 2.75) is 18.5 Å². The highest BCUT2D eigenvalue weighted by molar-refractivity contribution is 6.34. The number of benzene rings is 2. The Labute approximate surface area is 154 Å². The van der Waals surface area contributed by atoms with Crippen LogP contribution in [0.5, 0.6) is 5.75 Å². The standard InChI is InChI=1S/C19H16ClNO5/c1-26-13-7-5-12(6-8-13)11-21-17(23)16-14(3-2-4-15(16)20)19(21,9-10-22)18(24)25/h2-8,10H,9,11H2,1H3,(H,24,25). The van der Waals surface area contributed by atoms with Crippen LogP contribution in [0.4, 0.5) is 0 Å². The van der Waals surface area contributed by atoms with E-state index in [1.165, 1.54) is 24.1 Å². The molecule has 3 rings (SSSR count). The number of carboxylic acids is 1. The molecule has 1 N–H and O–H groups in total. The molecule has 1 aliphatic rings. The van der Waals surface area contributed by atoms with Gasteiger partial charge in [-0.25, -0.2) is 4.79 Å². The second-order valence-corrected chi connectivity index (χ2v) is 6.35. The summed E-state index contributed by atoms with van der Waals surface area (Å²) in [5.74, 6) is -1.14. The van der Waals surface area contributed by atoms with E-state index in [1.54, 1.807) is 30.3 Å². The molecule has 2 aromatic rings. The van der Waals surface area contributed by atoms with Crippen LogP contribution >= 0.6 is 11.6 Å². The minimum atomic E-state index is -1.78. The molecule has 0 bridgehead atoms. The Bertz CT molecular complexity index is 880. The van der Waals surface area contributed by atoms with Crippen LogP contribution in [-0.2, 0) is 21.7 Å². The van der Waals surface area contributed by atoms with Crippen LogP contribution in [0, 0.1) is 0 Å². The van der Waals surface area contributed by atoms with Crippen molar-refractivity contribution < 1.29 is 24.2 Å². The fourth-order valence-electron chi connectivity index (χ4n) is 3.32. The summed E-state index contributed by atoms with van der Waals surface area (Å²) in [5, 5.41) is 10.1. The van der Waals surface area contributed by atoms with Gasteiger partial charge in [0.25, 0.3) is 5.91 Å². The van der Waals surface area contributed by atoms with Crippen molar-refractivity contribution in [1.29, 1.82) is 0 Å². The number of hydrogen-bond donors (Lipinski definition) is 1. The zero-order chi connectivity index (χ0) is 18.9. The van der Waals surface area contributed by atoms with Crippen LogP contribution in [0.25, 0.3) is 0 Å². The number of ether oxygens (including phenoxy) is 1. The molecule has 1 amide bonds. The van der Waals surface area contributed by atoms with Crippen molar-refractivity contribution >= 4 is 29.8 Å².